The Balaban J connectivity index is 1.76. The van der Waals surface area contributed by atoms with Crippen LogP contribution >= 0.6 is 15.9 Å². The van der Waals surface area contributed by atoms with E-state index < -0.39 is 10.0 Å². The molecule has 0 spiro atoms. The number of halogens is 1. The Hall–Kier alpha value is -1.84. The molecular weight excluding hydrogens is 424 g/mol. The van der Waals surface area contributed by atoms with Gasteiger partial charge in [-0.25, -0.2) is 8.42 Å². The van der Waals surface area contributed by atoms with Crippen molar-refractivity contribution in [1.29, 1.82) is 0 Å². The van der Waals surface area contributed by atoms with Crippen LogP contribution in [0, 0.1) is 0 Å². The molecule has 1 fully saturated rings. The second-order valence-corrected chi connectivity index (χ2v) is 8.52. The zero-order valence-corrected chi connectivity index (χ0v) is 16.6. The Morgan fingerprint density at radius 3 is 2.58 bits per heavy atom. The van der Waals surface area contributed by atoms with Gasteiger partial charge in [0.2, 0.25) is 10.0 Å². The van der Waals surface area contributed by atoms with Crippen LogP contribution in [-0.2, 0) is 10.0 Å². The molecule has 0 bridgehead atoms. The lowest BCUT2D eigenvalue weighted by molar-refractivity contribution is 0.0666. The topological polar surface area (TPSA) is 80.1 Å². The number of hydrogen-bond donors (Lipinski definition) is 0. The number of ether oxygens (including phenoxy) is 1. The summed E-state index contributed by atoms with van der Waals surface area (Å²) in [7, 11) is -3.72. The van der Waals surface area contributed by atoms with E-state index in [9.17, 15) is 13.2 Å². The molecule has 2 aromatic rings. The molecule has 1 aliphatic rings. The summed E-state index contributed by atoms with van der Waals surface area (Å²) >= 11 is 3.31. The molecule has 1 aliphatic heterocycles. The molecule has 1 saturated heterocycles. The fourth-order valence-corrected chi connectivity index (χ4v) is 4.88. The number of carbonyl (C=O) groups excluding carboxylic acids is 1. The van der Waals surface area contributed by atoms with Crippen molar-refractivity contribution in [1.82, 2.24) is 9.21 Å². The van der Waals surface area contributed by atoms with Gasteiger partial charge in [-0.05, 0) is 37.3 Å². The van der Waals surface area contributed by atoms with Gasteiger partial charge in [0.1, 0.15) is 10.6 Å². The Morgan fingerprint density at radius 1 is 1.23 bits per heavy atom. The molecular formula is C17H19BrN2O5S. The minimum absolute atomic E-state index is 0.125. The molecule has 1 aromatic carbocycles. The van der Waals surface area contributed by atoms with Crippen LogP contribution in [-0.4, -0.2) is 56.3 Å². The molecule has 3 rings (SSSR count). The quantitative estimate of drug-likeness (QED) is 0.710. The monoisotopic (exact) mass is 442 g/mol. The number of sulfonamides is 1. The minimum atomic E-state index is -3.72. The highest BCUT2D eigenvalue weighted by Crippen LogP contribution is 2.30. The van der Waals surface area contributed by atoms with E-state index in [4.69, 9.17) is 9.15 Å². The van der Waals surface area contributed by atoms with Crippen molar-refractivity contribution in [2.24, 2.45) is 0 Å². The maximum absolute atomic E-state index is 13.0. The van der Waals surface area contributed by atoms with Crippen LogP contribution in [0.25, 0.3) is 0 Å². The van der Waals surface area contributed by atoms with Crippen molar-refractivity contribution in [2.45, 2.75) is 11.8 Å². The third-order valence-corrected chi connectivity index (χ3v) is 6.49. The fraction of sp³-hybridized carbons (Fsp3) is 0.353. The van der Waals surface area contributed by atoms with Gasteiger partial charge in [-0.3, -0.25) is 4.79 Å². The second-order valence-electron chi connectivity index (χ2n) is 5.70. The van der Waals surface area contributed by atoms with Crippen LogP contribution in [0.3, 0.4) is 0 Å². The molecule has 26 heavy (non-hydrogen) atoms. The summed E-state index contributed by atoms with van der Waals surface area (Å²) in [6.45, 7) is 3.21. The average molecular weight is 443 g/mol. The number of furan rings is 1. The summed E-state index contributed by atoms with van der Waals surface area (Å²) in [6, 6.07) is 8.17. The lowest BCUT2D eigenvalue weighted by Gasteiger charge is -2.33. The van der Waals surface area contributed by atoms with Gasteiger partial charge in [0.05, 0.1) is 12.9 Å². The number of rotatable bonds is 5. The standard InChI is InChI=1S/C17H19BrN2O5S/c1-2-24-14-6-5-13(18)12-16(14)26(22,23)20-9-7-19(8-10-20)17(21)15-4-3-11-25-15/h3-6,11-12H,2,7-10H2,1H3. The van der Waals surface area contributed by atoms with E-state index in [1.165, 1.54) is 10.6 Å². The zero-order valence-electron chi connectivity index (χ0n) is 14.2. The number of carbonyl (C=O) groups is 1. The second kappa shape index (κ2) is 7.81. The lowest BCUT2D eigenvalue weighted by Crippen LogP contribution is -2.50. The fourth-order valence-electron chi connectivity index (χ4n) is 2.78. The first-order valence-corrected chi connectivity index (χ1v) is 10.4. The molecule has 0 saturated carbocycles. The molecule has 0 aliphatic carbocycles. The zero-order chi connectivity index (χ0) is 18.7. The molecule has 0 unspecified atom stereocenters. The number of benzene rings is 1. The minimum Gasteiger partial charge on any atom is -0.492 e. The van der Waals surface area contributed by atoms with Gasteiger partial charge in [0, 0.05) is 30.7 Å². The van der Waals surface area contributed by atoms with Crippen molar-refractivity contribution >= 4 is 31.9 Å². The summed E-state index contributed by atoms with van der Waals surface area (Å²) in [6.07, 6.45) is 1.44. The number of hydrogen-bond acceptors (Lipinski definition) is 5. The maximum Gasteiger partial charge on any atom is 0.289 e. The molecule has 9 heteroatoms. The molecule has 1 aromatic heterocycles. The van der Waals surface area contributed by atoms with Crippen molar-refractivity contribution < 1.29 is 22.4 Å². The first kappa shape index (κ1) is 18.9. The van der Waals surface area contributed by atoms with Crippen LogP contribution in [0.5, 0.6) is 5.75 Å². The summed E-state index contributed by atoms with van der Waals surface area (Å²) < 4.78 is 38.7. The van der Waals surface area contributed by atoms with E-state index in [1.54, 1.807) is 42.2 Å². The van der Waals surface area contributed by atoms with Crippen molar-refractivity contribution in [2.75, 3.05) is 32.8 Å². The van der Waals surface area contributed by atoms with Crippen LogP contribution in [0.15, 0.2) is 50.4 Å². The smallest absolute Gasteiger partial charge is 0.289 e. The summed E-state index contributed by atoms with van der Waals surface area (Å²) in [5, 5.41) is 0. The van der Waals surface area contributed by atoms with Crippen molar-refractivity contribution in [3.63, 3.8) is 0 Å². The van der Waals surface area contributed by atoms with Gasteiger partial charge < -0.3 is 14.1 Å². The van der Waals surface area contributed by atoms with Crippen LogP contribution in [0.4, 0.5) is 0 Å². The highest BCUT2D eigenvalue weighted by atomic mass is 79.9. The van der Waals surface area contributed by atoms with E-state index in [-0.39, 0.29) is 29.7 Å². The van der Waals surface area contributed by atoms with Crippen LogP contribution in [0.2, 0.25) is 0 Å². The van der Waals surface area contributed by atoms with Gasteiger partial charge in [-0.15, -0.1) is 0 Å². The van der Waals surface area contributed by atoms with E-state index in [2.05, 4.69) is 15.9 Å². The van der Waals surface area contributed by atoms with Crippen molar-refractivity contribution in [3.8, 4) is 5.75 Å². The predicted molar refractivity (Wildman–Crippen MR) is 98.7 cm³/mol. The average Bonchev–Trinajstić information content (AvgIpc) is 3.17. The molecule has 0 N–H and O–H groups in total. The van der Waals surface area contributed by atoms with Gasteiger partial charge in [0.25, 0.3) is 5.91 Å². The molecule has 0 radical (unpaired) electrons. The third-order valence-electron chi connectivity index (χ3n) is 4.08. The van der Waals surface area contributed by atoms with E-state index in [1.807, 2.05) is 0 Å². The number of amides is 1. The summed E-state index contributed by atoms with van der Waals surface area (Å²) in [5.41, 5.74) is 0. The van der Waals surface area contributed by atoms with E-state index in [0.29, 0.717) is 29.9 Å². The molecule has 2 heterocycles. The van der Waals surface area contributed by atoms with Gasteiger partial charge in [-0.2, -0.15) is 4.31 Å². The normalized spacial score (nSPS) is 15.8. The molecule has 140 valence electrons. The maximum atomic E-state index is 13.0. The Bertz CT molecular complexity index is 875. The van der Waals surface area contributed by atoms with Gasteiger partial charge in [0.15, 0.2) is 5.76 Å². The highest BCUT2D eigenvalue weighted by Gasteiger charge is 2.33. The third kappa shape index (κ3) is 3.79. The summed E-state index contributed by atoms with van der Waals surface area (Å²) in [5.74, 6) is 0.348. The molecule has 0 atom stereocenters. The molecule has 7 nitrogen and oxygen atoms in total. The van der Waals surface area contributed by atoms with E-state index >= 15 is 0 Å². The van der Waals surface area contributed by atoms with Crippen LogP contribution < -0.4 is 4.74 Å². The Kier molecular flexibility index (Phi) is 5.69. The number of nitrogens with zero attached hydrogens (tertiary/aromatic N) is 2. The highest BCUT2D eigenvalue weighted by molar-refractivity contribution is 9.10. The van der Waals surface area contributed by atoms with Gasteiger partial charge in [-0.1, -0.05) is 15.9 Å². The van der Waals surface area contributed by atoms with Crippen molar-refractivity contribution in [3.05, 3.63) is 46.8 Å². The Labute approximate surface area is 160 Å². The number of piperazine rings is 1. The SMILES string of the molecule is CCOc1ccc(Br)cc1S(=O)(=O)N1CCN(C(=O)c2ccco2)CC1. The molecule has 1 amide bonds. The first-order valence-electron chi connectivity index (χ1n) is 8.18. The predicted octanol–water partition coefficient (Wildman–Crippen LogP) is 2.59. The largest absolute Gasteiger partial charge is 0.492 e. The van der Waals surface area contributed by atoms with E-state index in [0.717, 1.165) is 0 Å². The summed E-state index contributed by atoms with van der Waals surface area (Å²) in [4.78, 5) is 14.0. The van der Waals surface area contributed by atoms with Gasteiger partial charge >= 0.3 is 0 Å². The Morgan fingerprint density at radius 2 is 1.96 bits per heavy atom. The van der Waals surface area contributed by atoms with Crippen LogP contribution in [0.1, 0.15) is 17.5 Å². The first-order chi connectivity index (χ1) is 12.4. The lowest BCUT2D eigenvalue weighted by atomic mass is 10.3.